The first-order chi connectivity index (χ1) is 6.75. The zero-order valence-electron chi connectivity index (χ0n) is 7.52. The Kier molecular flexibility index (Phi) is 2.98. The molecule has 1 aromatic heterocycles. The van der Waals surface area contributed by atoms with Crippen molar-refractivity contribution in [3.05, 3.63) is 17.5 Å². The molecule has 6 heteroatoms. The molecule has 14 heavy (non-hydrogen) atoms. The summed E-state index contributed by atoms with van der Waals surface area (Å²) >= 11 is 5.68. The van der Waals surface area contributed by atoms with Crippen LogP contribution in [-0.4, -0.2) is 38.8 Å². The summed E-state index contributed by atoms with van der Waals surface area (Å²) in [4.78, 5) is 10.00. The van der Waals surface area contributed by atoms with Crippen molar-refractivity contribution in [3.8, 4) is 0 Å². The van der Waals surface area contributed by atoms with Crippen LogP contribution in [0.15, 0.2) is 12.3 Å². The Bertz CT molecular complexity index is 350. The number of hydrogen-bond donors (Lipinski definition) is 0. The summed E-state index contributed by atoms with van der Waals surface area (Å²) in [6.07, 6.45) is 1.64. The molecule has 0 unspecified atom stereocenters. The number of rotatable bonds is 1. The van der Waals surface area contributed by atoms with E-state index in [1.807, 2.05) is 6.07 Å². The minimum absolute atomic E-state index is 0.259. The molecule has 76 valence electrons. The van der Waals surface area contributed by atoms with Crippen LogP contribution < -0.4 is 4.90 Å². The molecule has 1 aromatic rings. The Morgan fingerprint density at radius 3 is 2.79 bits per heavy atom. The van der Waals surface area contributed by atoms with Crippen molar-refractivity contribution < 1.29 is 4.21 Å². The molecule has 0 aromatic carbocycles. The molecule has 0 spiro atoms. The van der Waals surface area contributed by atoms with Gasteiger partial charge in [-0.15, -0.1) is 0 Å². The molecular weight excluding hydrogens is 222 g/mol. The summed E-state index contributed by atoms with van der Waals surface area (Å²) in [5.74, 6) is 2.24. The number of anilines is 1. The molecule has 1 fully saturated rings. The summed E-state index contributed by atoms with van der Waals surface area (Å²) in [6.45, 7) is 1.56. The average molecular weight is 232 g/mol. The van der Waals surface area contributed by atoms with Crippen molar-refractivity contribution in [2.45, 2.75) is 0 Å². The fourth-order valence-corrected chi connectivity index (χ4v) is 2.56. The highest BCUT2D eigenvalue weighted by molar-refractivity contribution is 7.85. The van der Waals surface area contributed by atoms with Crippen LogP contribution in [-0.2, 0) is 10.8 Å². The van der Waals surface area contributed by atoms with E-state index in [0.29, 0.717) is 11.5 Å². The van der Waals surface area contributed by atoms with Gasteiger partial charge in [0.15, 0.2) is 0 Å². The first-order valence-corrected chi connectivity index (χ1v) is 6.21. The van der Waals surface area contributed by atoms with Crippen LogP contribution in [0.25, 0.3) is 0 Å². The van der Waals surface area contributed by atoms with E-state index in [1.54, 1.807) is 6.20 Å². The molecule has 1 aliphatic rings. The minimum Gasteiger partial charge on any atom is -0.355 e. The van der Waals surface area contributed by atoms with E-state index < -0.39 is 10.8 Å². The Morgan fingerprint density at radius 1 is 1.43 bits per heavy atom. The predicted octanol–water partition coefficient (Wildman–Crippen LogP) is 0.699. The average Bonchev–Trinajstić information content (AvgIpc) is 2.19. The predicted molar refractivity (Wildman–Crippen MR) is 57.1 cm³/mol. The van der Waals surface area contributed by atoms with Crippen LogP contribution in [0.1, 0.15) is 0 Å². The van der Waals surface area contributed by atoms with Crippen LogP contribution in [0.2, 0.25) is 5.28 Å². The van der Waals surface area contributed by atoms with Crippen molar-refractivity contribution in [1.82, 2.24) is 9.97 Å². The first-order valence-electron chi connectivity index (χ1n) is 4.34. The highest BCUT2D eigenvalue weighted by Gasteiger charge is 2.16. The molecule has 0 atom stereocenters. The Balaban J connectivity index is 2.12. The van der Waals surface area contributed by atoms with Crippen molar-refractivity contribution in [2.24, 2.45) is 0 Å². The van der Waals surface area contributed by atoms with Crippen molar-refractivity contribution in [3.63, 3.8) is 0 Å². The van der Waals surface area contributed by atoms with Gasteiger partial charge in [0.05, 0.1) is 0 Å². The van der Waals surface area contributed by atoms with Gasteiger partial charge in [-0.1, -0.05) is 0 Å². The van der Waals surface area contributed by atoms with Gasteiger partial charge in [0, 0.05) is 41.6 Å². The zero-order valence-corrected chi connectivity index (χ0v) is 9.09. The maximum atomic E-state index is 11.1. The molecule has 2 heterocycles. The van der Waals surface area contributed by atoms with Gasteiger partial charge in [0.2, 0.25) is 5.28 Å². The van der Waals surface area contributed by atoms with Gasteiger partial charge in [-0.25, -0.2) is 9.97 Å². The molecular formula is C8H10ClN3OS. The highest BCUT2D eigenvalue weighted by Crippen LogP contribution is 2.14. The molecule has 1 saturated heterocycles. The lowest BCUT2D eigenvalue weighted by Gasteiger charge is -2.27. The lowest BCUT2D eigenvalue weighted by molar-refractivity contribution is 0.672. The largest absolute Gasteiger partial charge is 0.355 e. The van der Waals surface area contributed by atoms with E-state index in [2.05, 4.69) is 14.9 Å². The molecule has 0 bridgehead atoms. The number of aromatic nitrogens is 2. The quantitative estimate of drug-likeness (QED) is 0.668. The maximum Gasteiger partial charge on any atom is 0.224 e. The van der Waals surface area contributed by atoms with Gasteiger partial charge in [0.25, 0.3) is 0 Å². The van der Waals surface area contributed by atoms with E-state index in [4.69, 9.17) is 11.6 Å². The second-order valence-corrected chi connectivity index (χ2v) is 5.05. The molecule has 1 aliphatic heterocycles. The highest BCUT2D eigenvalue weighted by atomic mass is 35.5. The first kappa shape index (κ1) is 9.86. The van der Waals surface area contributed by atoms with E-state index in [0.717, 1.165) is 18.9 Å². The van der Waals surface area contributed by atoms with E-state index in [9.17, 15) is 4.21 Å². The lowest BCUT2D eigenvalue weighted by atomic mass is 10.4. The second-order valence-electron chi connectivity index (χ2n) is 3.02. The fraction of sp³-hybridized carbons (Fsp3) is 0.500. The van der Waals surface area contributed by atoms with Crippen molar-refractivity contribution >= 4 is 28.2 Å². The molecule has 0 radical (unpaired) electrons. The van der Waals surface area contributed by atoms with Gasteiger partial charge in [0.1, 0.15) is 5.82 Å². The summed E-state index contributed by atoms with van der Waals surface area (Å²) < 4.78 is 11.1. The molecule has 0 amide bonds. The van der Waals surface area contributed by atoms with Gasteiger partial charge < -0.3 is 4.90 Å². The Hall–Kier alpha value is -0.680. The van der Waals surface area contributed by atoms with E-state index in [-0.39, 0.29) is 5.28 Å². The molecule has 0 N–H and O–H groups in total. The minimum atomic E-state index is -0.658. The third-order valence-electron chi connectivity index (χ3n) is 2.11. The summed E-state index contributed by atoms with van der Waals surface area (Å²) in [7, 11) is -0.658. The standard InChI is InChI=1S/C8H10ClN3OS/c9-8-10-2-1-7(11-8)12-3-5-14(13)6-4-12/h1-2H,3-6H2. The monoisotopic (exact) mass is 231 g/mol. The Labute approximate surface area is 89.8 Å². The second kappa shape index (κ2) is 4.23. The molecule has 2 rings (SSSR count). The third-order valence-corrected chi connectivity index (χ3v) is 3.57. The van der Waals surface area contributed by atoms with Gasteiger partial charge in [-0.2, -0.15) is 0 Å². The van der Waals surface area contributed by atoms with Crippen molar-refractivity contribution in [2.75, 3.05) is 29.5 Å². The van der Waals surface area contributed by atoms with E-state index >= 15 is 0 Å². The summed E-state index contributed by atoms with van der Waals surface area (Å²) in [5.41, 5.74) is 0. The molecule has 4 nitrogen and oxygen atoms in total. The maximum absolute atomic E-state index is 11.1. The third kappa shape index (κ3) is 2.22. The fourth-order valence-electron chi connectivity index (χ4n) is 1.37. The zero-order chi connectivity index (χ0) is 9.97. The molecule has 0 saturated carbocycles. The van der Waals surface area contributed by atoms with Crippen LogP contribution in [0.5, 0.6) is 0 Å². The van der Waals surface area contributed by atoms with Crippen LogP contribution in [0.3, 0.4) is 0 Å². The van der Waals surface area contributed by atoms with Crippen LogP contribution >= 0.6 is 11.6 Å². The van der Waals surface area contributed by atoms with Crippen molar-refractivity contribution in [1.29, 1.82) is 0 Å². The summed E-state index contributed by atoms with van der Waals surface area (Å²) in [6, 6.07) is 1.82. The number of hydrogen-bond acceptors (Lipinski definition) is 4. The normalized spacial score (nSPS) is 18.5. The van der Waals surface area contributed by atoms with E-state index in [1.165, 1.54) is 0 Å². The van der Waals surface area contributed by atoms with Crippen LogP contribution in [0.4, 0.5) is 5.82 Å². The van der Waals surface area contributed by atoms with Gasteiger partial charge >= 0.3 is 0 Å². The lowest BCUT2D eigenvalue weighted by Crippen LogP contribution is -2.38. The number of nitrogens with zero attached hydrogens (tertiary/aromatic N) is 3. The topological polar surface area (TPSA) is 46.1 Å². The number of halogens is 1. The SMILES string of the molecule is O=S1CCN(c2ccnc(Cl)n2)CC1. The molecule has 0 aliphatic carbocycles. The van der Waals surface area contributed by atoms with Gasteiger partial charge in [-0.05, 0) is 17.7 Å². The smallest absolute Gasteiger partial charge is 0.224 e. The van der Waals surface area contributed by atoms with Crippen LogP contribution in [0, 0.1) is 0 Å². The van der Waals surface area contributed by atoms with Gasteiger partial charge in [-0.3, -0.25) is 4.21 Å². The Morgan fingerprint density at radius 2 is 2.14 bits per heavy atom. The summed E-state index contributed by atoms with van der Waals surface area (Å²) in [5, 5.41) is 0.259.